The van der Waals surface area contributed by atoms with Crippen molar-refractivity contribution in [1.82, 2.24) is 9.80 Å². The van der Waals surface area contributed by atoms with E-state index in [-0.39, 0.29) is 54.5 Å². The molecule has 0 aromatic carbocycles. The highest BCUT2D eigenvalue weighted by atomic mass is 19.3. The van der Waals surface area contributed by atoms with Gasteiger partial charge in [-0.3, -0.25) is 4.90 Å². The lowest BCUT2D eigenvalue weighted by atomic mass is 9.68. The zero-order valence-corrected chi connectivity index (χ0v) is 21.4. The molecular formula is C26H40F2N2O5. The maximum Gasteiger partial charge on any atom is 0.410 e. The predicted octanol–water partition coefficient (Wildman–Crippen LogP) is 3.86. The van der Waals surface area contributed by atoms with Gasteiger partial charge in [-0.15, -0.1) is 0 Å². The van der Waals surface area contributed by atoms with Gasteiger partial charge in [0.1, 0.15) is 23.4 Å². The molecule has 4 saturated heterocycles. The molecule has 5 fully saturated rings. The van der Waals surface area contributed by atoms with Gasteiger partial charge in [0, 0.05) is 33.2 Å². The largest absolute Gasteiger partial charge is 0.443 e. The van der Waals surface area contributed by atoms with Crippen molar-refractivity contribution in [3.05, 3.63) is 11.6 Å². The quantitative estimate of drug-likeness (QED) is 0.374. The minimum absolute atomic E-state index is 0.00448. The lowest BCUT2D eigenvalue weighted by Gasteiger charge is -2.44. The number of hydrogen-bond donors (Lipinski definition) is 0. The van der Waals surface area contributed by atoms with Crippen LogP contribution in [0.1, 0.15) is 52.9 Å². The van der Waals surface area contributed by atoms with Gasteiger partial charge in [-0.2, -0.15) is 0 Å². The Bertz CT molecular complexity index is 840. The molecule has 0 N–H and O–H groups in total. The van der Waals surface area contributed by atoms with Crippen LogP contribution in [0.25, 0.3) is 0 Å². The maximum absolute atomic E-state index is 13.4. The van der Waals surface area contributed by atoms with Gasteiger partial charge >= 0.3 is 6.09 Å². The predicted molar refractivity (Wildman–Crippen MR) is 125 cm³/mol. The number of epoxide rings is 2. The van der Waals surface area contributed by atoms with E-state index in [0.29, 0.717) is 45.1 Å². The second kappa shape index (κ2) is 9.23. The van der Waals surface area contributed by atoms with E-state index in [1.54, 1.807) is 12.0 Å². The van der Waals surface area contributed by atoms with Crippen LogP contribution in [-0.2, 0) is 18.9 Å². The van der Waals surface area contributed by atoms with Gasteiger partial charge in [0.2, 0.25) is 0 Å². The molecule has 9 heteroatoms. The van der Waals surface area contributed by atoms with Crippen molar-refractivity contribution < 1.29 is 32.5 Å². The molecule has 0 bridgehead atoms. The molecule has 6 atom stereocenters. The van der Waals surface area contributed by atoms with Crippen LogP contribution < -0.4 is 0 Å². The Labute approximate surface area is 207 Å². The minimum Gasteiger partial charge on any atom is -0.443 e. The first-order valence-corrected chi connectivity index (χ1v) is 13.1. The molecule has 4 aliphatic heterocycles. The number of amides is 1. The van der Waals surface area contributed by atoms with E-state index in [0.717, 1.165) is 19.3 Å². The van der Waals surface area contributed by atoms with Gasteiger partial charge < -0.3 is 23.8 Å². The summed E-state index contributed by atoms with van der Waals surface area (Å²) >= 11 is 0. The topological polar surface area (TPSA) is 67.1 Å². The molecule has 1 aliphatic carbocycles. The molecule has 0 radical (unpaired) electrons. The maximum atomic E-state index is 13.4. The number of alkyl halides is 2. The number of ether oxygens (including phenoxy) is 4. The van der Waals surface area contributed by atoms with Crippen molar-refractivity contribution in [1.29, 1.82) is 0 Å². The SMILES string of the molecule is CO[C@@H]1[C@H](OC(=O)N2CC(CCN3CCC(F)(F)C3)C2)CC[C@]2(CO2)[C@H]1[C@@]1(C)O[C@@H]1CC=C(C)C. The summed E-state index contributed by atoms with van der Waals surface area (Å²) in [5, 5.41) is 0. The summed E-state index contributed by atoms with van der Waals surface area (Å²) in [5.41, 5.74) is 0.666. The smallest absolute Gasteiger partial charge is 0.410 e. The van der Waals surface area contributed by atoms with Crippen molar-refractivity contribution in [3.63, 3.8) is 0 Å². The van der Waals surface area contributed by atoms with Gasteiger partial charge in [0.15, 0.2) is 0 Å². The Balaban J connectivity index is 1.13. The molecule has 4 heterocycles. The molecule has 0 aromatic rings. The summed E-state index contributed by atoms with van der Waals surface area (Å²) < 4.78 is 50.9. The van der Waals surface area contributed by atoms with Crippen LogP contribution in [-0.4, -0.2) is 97.8 Å². The standard InChI is InChI=1S/C26H40F2N2O5/c1-17(2)5-6-20-24(3,35-20)22-21(32-4)19(7-9-25(22)16-33-25)34-23(31)30-13-18(14-30)8-11-29-12-10-26(27,28)15-29/h5,18-22H,6-16H2,1-4H3/t19-,20-,21-,22-,24+,25+/m1/s1. The van der Waals surface area contributed by atoms with E-state index >= 15 is 0 Å². The molecule has 35 heavy (non-hydrogen) atoms. The number of carbonyl (C=O) groups is 1. The van der Waals surface area contributed by atoms with Crippen LogP contribution in [0.3, 0.4) is 0 Å². The number of halogens is 2. The van der Waals surface area contributed by atoms with Gasteiger partial charge in [-0.05, 0) is 58.9 Å². The van der Waals surface area contributed by atoms with Crippen LogP contribution in [0, 0.1) is 11.8 Å². The fourth-order valence-corrected chi connectivity index (χ4v) is 6.54. The average Bonchev–Trinajstić information content (AvgIpc) is 3.64. The summed E-state index contributed by atoms with van der Waals surface area (Å²) in [5.74, 6) is -2.21. The van der Waals surface area contributed by atoms with E-state index in [1.165, 1.54) is 5.57 Å². The molecular weight excluding hydrogens is 458 g/mol. The zero-order valence-electron chi connectivity index (χ0n) is 21.4. The number of nitrogens with zero attached hydrogens (tertiary/aromatic N) is 2. The molecule has 198 valence electrons. The highest BCUT2D eigenvalue weighted by molar-refractivity contribution is 5.69. The number of likely N-dealkylation sites (tertiary alicyclic amines) is 2. The number of methoxy groups -OCH3 is 1. The second-order valence-corrected chi connectivity index (χ2v) is 11.7. The monoisotopic (exact) mass is 498 g/mol. The zero-order chi connectivity index (χ0) is 25.0. The number of carbonyl (C=O) groups excluding carboxylic acids is 1. The van der Waals surface area contributed by atoms with E-state index in [1.807, 2.05) is 4.90 Å². The summed E-state index contributed by atoms with van der Waals surface area (Å²) in [4.78, 5) is 16.5. The highest BCUT2D eigenvalue weighted by Gasteiger charge is 2.72. The third kappa shape index (κ3) is 5.11. The van der Waals surface area contributed by atoms with Gasteiger partial charge in [-0.25, -0.2) is 13.6 Å². The first kappa shape index (κ1) is 25.4. The van der Waals surface area contributed by atoms with Gasteiger partial charge in [-0.1, -0.05) is 11.6 Å². The number of rotatable bonds is 8. The summed E-state index contributed by atoms with van der Waals surface area (Å²) in [6.07, 6.45) is 4.54. The van der Waals surface area contributed by atoms with E-state index in [9.17, 15) is 13.6 Å². The van der Waals surface area contributed by atoms with Crippen molar-refractivity contribution >= 4 is 6.09 Å². The third-order valence-electron chi connectivity index (χ3n) is 8.81. The van der Waals surface area contributed by atoms with E-state index < -0.39 is 5.92 Å². The first-order valence-electron chi connectivity index (χ1n) is 13.1. The van der Waals surface area contributed by atoms with Crippen molar-refractivity contribution in [3.8, 4) is 0 Å². The van der Waals surface area contributed by atoms with Crippen molar-refractivity contribution in [2.24, 2.45) is 11.8 Å². The summed E-state index contributed by atoms with van der Waals surface area (Å²) in [6.45, 7) is 9.22. The van der Waals surface area contributed by atoms with E-state index in [4.69, 9.17) is 18.9 Å². The third-order valence-corrected chi connectivity index (χ3v) is 8.81. The van der Waals surface area contributed by atoms with Crippen LogP contribution >= 0.6 is 0 Å². The van der Waals surface area contributed by atoms with Gasteiger partial charge in [0.05, 0.1) is 25.2 Å². The molecule has 1 amide bonds. The van der Waals surface area contributed by atoms with Crippen LogP contribution in [0.5, 0.6) is 0 Å². The molecule has 1 spiro atoms. The summed E-state index contributed by atoms with van der Waals surface area (Å²) in [7, 11) is 1.68. The second-order valence-electron chi connectivity index (χ2n) is 11.7. The van der Waals surface area contributed by atoms with Crippen molar-refractivity contribution in [2.45, 2.75) is 88.3 Å². The van der Waals surface area contributed by atoms with Crippen LogP contribution in [0.15, 0.2) is 11.6 Å². The number of hydrogen-bond acceptors (Lipinski definition) is 6. The van der Waals surface area contributed by atoms with Crippen LogP contribution in [0.2, 0.25) is 0 Å². The Morgan fingerprint density at radius 1 is 1.23 bits per heavy atom. The Morgan fingerprint density at radius 2 is 1.97 bits per heavy atom. The molecule has 7 nitrogen and oxygen atoms in total. The molecule has 1 saturated carbocycles. The average molecular weight is 499 g/mol. The first-order chi connectivity index (χ1) is 16.6. The number of allylic oxidation sites excluding steroid dienone is 1. The Kier molecular flexibility index (Phi) is 6.69. The van der Waals surface area contributed by atoms with Crippen molar-refractivity contribution in [2.75, 3.05) is 46.4 Å². The van der Waals surface area contributed by atoms with Gasteiger partial charge in [0.25, 0.3) is 5.92 Å². The van der Waals surface area contributed by atoms with E-state index in [2.05, 4.69) is 26.8 Å². The van der Waals surface area contributed by atoms with Crippen LogP contribution in [0.4, 0.5) is 13.6 Å². The molecule has 0 unspecified atom stereocenters. The molecule has 0 aromatic heterocycles. The lowest BCUT2D eigenvalue weighted by Crippen LogP contribution is -2.57. The molecule has 5 aliphatic rings. The lowest BCUT2D eigenvalue weighted by molar-refractivity contribution is -0.124. The fourth-order valence-electron chi connectivity index (χ4n) is 6.54. The summed E-state index contributed by atoms with van der Waals surface area (Å²) in [6, 6.07) is 0. The Morgan fingerprint density at radius 3 is 2.57 bits per heavy atom. The normalized spacial score (nSPS) is 40.5. The highest BCUT2D eigenvalue weighted by Crippen LogP contribution is 2.59. The Hall–Kier alpha value is -1.29. The minimum atomic E-state index is -2.55. The fraction of sp³-hybridized carbons (Fsp3) is 0.885. The molecule has 5 rings (SSSR count).